The Morgan fingerprint density at radius 1 is 0.769 bits per heavy atom. The van der Waals surface area contributed by atoms with Gasteiger partial charge in [0.25, 0.3) is 0 Å². The molecule has 2 heteroatoms. The van der Waals surface area contributed by atoms with Gasteiger partial charge in [-0.3, -0.25) is 0 Å². The van der Waals surface area contributed by atoms with Gasteiger partial charge < -0.3 is 0 Å². The Morgan fingerprint density at radius 3 is 1.65 bits per heavy atom. The first-order valence-corrected chi connectivity index (χ1v) is 11.1. The highest BCUT2D eigenvalue weighted by Crippen LogP contribution is 2.17. The van der Waals surface area contributed by atoms with Crippen LogP contribution in [0, 0.1) is 11.8 Å². The van der Waals surface area contributed by atoms with E-state index in [0.717, 1.165) is 22.1 Å². The first kappa shape index (κ1) is 25.3. The van der Waals surface area contributed by atoms with Crippen molar-refractivity contribution in [2.45, 2.75) is 60.3 Å². The molecule has 0 aromatic heterocycles. The Kier molecular flexibility index (Phi) is 14.9. The molecular formula is C24H37BrS. The van der Waals surface area contributed by atoms with Crippen LogP contribution >= 0.6 is 28.6 Å². The normalized spacial score (nSPS) is 10.3. The lowest BCUT2D eigenvalue weighted by molar-refractivity contribution is 0.633. The summed E-state index contributed by atoms with van der Waals surface area (Å²) in [6.07, 6.45) is 2.43. The monoisotopic (exact) mass is 436 g/mol. The molecule has 26 heavy (non-hydrogen) atoms. The maximum Gasteiger partial charge on any atom is 0.0175 e. The van der Waals surface area contributed by atoms with Crippen molar-refractivity contribution in [3.63, 3.8) is 0 Å². The fraction of sp³-hybridized carbons (Fsp3) is 0.500. The van der Waals surface area contributed by atoms with Crippen molar-refractivity contribution in [3.8, 4) is 0 Å². The van der Waals surface area contributed by atoms with Crippen molar-refractivity contribution < 1.29 is 0 Å². The predicted molar refractivity (Wildman–Crippen MR) is 127 cm³/mol. The predicted octanol–water partition coefficient (Wildman–Crippen LogP) is 8.42. The highest BCUT2D eigenvalue weighted by Gasteiger charge is 1.96. The average molecular weight is 438 g/mol. The summed E-state index contributed by atoms with van der Waals surface area (Å²) >= 11 is 7.45. The van der Waals surface area contributed by atoms with Gasteiger partial charge >= 0.3 is 0 Å². The second-order valence-electron chi connectivity index (χ2n) is 7.70. The van der Waals surface area contributed by atoms with Crippen molar-refractivity contribution in [1.82, 2.24) is 0 Å². The Bertz CT molecular complexity index is 544. The van der Waals surface area contributed by atoms with E-state index in [-0.39, 0.29) is 0 Å². The van der Waals surface area contributed by atoms with E-state index in [1.54, 1.807) is 0 Å². The summed E-state index contributed by atoms with van der Waals surface area (Å²) in [5.74, 6) is 3.25. The molecule has 0 bridgehead atoms. The SMILES string of the molecule is CC(C)CCS.CC(C)Cc1ccccc1.CC(C)c1ccc(Br)cc1. The topological polar surface area (TPSA) is 0 Å². The standard InChI is InChI=1S/C10H14.C9H11Br.C5H12S/c1-9(2)8-10-6-4-3-5-7-10;1-7(2)8-3-5-9(10)6-4-8;1-5(2)3-4-6/h3-7,9H,8H2,1-2H3;3-7H,1-2H3;5-6H,3-4H2,1-2H3. The smallest absolute Gasteiger partial charge is 0.0175 e. The molecule has 0 N–H and O–H groups in total. The second kappa shape index (κ2) is 15.3. The van der Waals surface area contributed by atoms with Gasteiger partial charge in [-0.15, -0.1) is 0 Å². The molecule has 2 aromatic carbocycles. The maximum atomic E-state index is 4.06. The van der Waals surface area contributed by atoms with E-state index in [1.807, 2.05) is 0 Å². The van der Waals surface area contributed by atoms with Crippen molar-refractivity contribution in [2.75, 3.05) is 5.75 Å². The molecule has 0 heterocycles. The van der Waals surface area contributed by atoms with Gasteiger partial charge in [-0.1, -0.05) is 99.9 Å². The lowest BCUT2D eigenvalue weighted by Crippen LogP contribution is -1.92. The Morgan fingerprint density at radius 2 is 1.31 bits per heavy atom. The molecule has 0 amide bonds. The van der Waals surface area contributed by atoms with Gasteiger partial charge in [0.15, 0.2) is 0 Å². The van der Waals surface area contributed by atoms with E-state index < -0.39 is 0 Å². The van der Waals surface area contributed by atoms with Crippen molar-refractivity contribution in [3.05, 3.63) is 70.2 Å². The third-order valence-corrected chi connectivity index (χ3v) is 4.52. The second-order valence-corrected chi connectivity index (χ2v) is 9.06. The van der Waals surface area contributed by atoms with Gasteiger partial charge in [0.1, 0.15) is 0 Å². The van der Waals surface area contributed by atoms with E-state index in [2.05, 4.69) is 125 Å². The molecular weight excluding hydrogens is 400 g/mol. The number of hydrogen-bond donors (Lipinski definition) is 1. The van der Waals surface area contributed by atoms with Crippen LogP contribution in [0.15, 0.2) is 59.1 Å². The van der Waals surface area contributed by atoms with Crippen molar-refractivity contribution >= 4 is 28.6 Å². The number of rotatable bonds is 5. The summed E-state index contributed by atoms with van der Waals surface area (Å²) in [5.41, 5.74) is 2.83. The molecule has 0 fully saturated rings. The first-order chi connectivity index (χ1) is 12.3. The summed E-state index contributed by atoms with van der Waals surface area (Å²) in [5, 5.41) is 0. The molecule has 2 rings (SSSR count). The fourth-order valence-electron chi connectivity index (χ4n) is 2.19. The first-order valence-electron chi connectivity index (χ1n) is 9.66. The van der Waals surface area contributed by atoms with Gasteiger partial charge in [-0.2, -0.15) is 12.6 Å². The molecule has 0 unspecified atom stereocenters. The molecule has 0 aliphatic carbocycles. The zero-order valence-corrected chi connectivity index (χ0v) is 19.9. The third kappa shape index (κ3) is 14.4. The minimum atomic E-state index is 0.632. The lowest BCUT2D eigenvalue weighted by Gasteiger charge is -2.03. The van der Waals surface area contributed by atoms with Crippen molar-refractivity contribution in [1.29, 1.82) is 0 Å². The summed E-state index contributed by atoms with van der Waals surface area (Å²) in [4.78, 5) is 0. The minimum absolute atomic E-state index is 0.632. The van der Waals surface area contributed by atoms with Gasteiger partial charge in [0, 0.05) is 4.47 Å². The van der Waals surface area contributed by atoms with Gasteiger partial charge in [0.05, 0.1) is 0 Å². The molecule has 0 spiro atoms. The summed E-state index contributed by atoms with van der Waals surface area (Å²) in [6.45, 7) is 13.3. The fourth-order valence-corrected chi connectivity index (χ4v) is 2.97. The molecule has 0 aliphatic rings. The van der Waals surface area contributed by atoms with E-state index in [1.165, 1.54) is 24.0 Å². The molecule has 0 nitrogen and oxygen atoms in total. The van der Waals surface area contributed by atoms with Gasteiger partial charge in [-0.05, 0) is 59.6 Å². The number of thiol groups is 1. The average Bonchev–Trinajstić information content (AvgIpc) is 2.56. The summed E-state index contributed by atoms with van der Waals surface area (Å²) < 4.78 is 1.15. The zero-order chi connectivity index (χ0) is 19.9. The molecule has 0 saturated heterocycles. The van der Waals surface area contributed by atoms with Crippen molar-refractivity contribution in [2.24, 2.45) is 11.8 Å². The Hall–Kier alpha value is -0.730. The Balaban J connectivity index is 0.000000375. The minimum Gasteiger partial charge on any atom is -0.179 e. The van der Waals surface area contributed by atoms with E-state index in [9.17, 15) is 0 Å². The number of hydrogen-bond acceptors (Lipinski definition) is 1. The van der Waals surface area contributed by atoms with E-state index in [0.29, 0.717) is 5.92 Å². The summed E-state index contributed by atoms with van der Waals surface area (Å²) in [6, 6.07) is 19.1. The molecule has 0 atom stereocenters. The maximum absolute atomic E-state index is 4.06. The summed E-state index contributed by atoms with van der Waals surface area (Å²) in [7, 11) is 0. The van der Waals surface area contributed by atoms with Gasteiger partial charge in [-0.25, -0.2) is 0 Å². The quantitative estimate of drug-likeness (QED) is 0.446. The van der Waals surface area contributed by atoms with Crippen LogP contribution in [0.1, 0.15) is 65.0 Å². The number of halogens is 1. The van der Waals surface area contributed by atoms with E-state index >= 15 is 0 Å². The molecule has 0 saturated carbocycles. The molecule has 146 valence electrons. The largest absolute Gasteiger partial charge is 0.179 e. The van der Waals surface area contributed by atoms with Crippen LogP contribution in [-0.4, -0.2) is 5.75 Å². The molecule has 2 aromatic rings. The van der Waals surface area contributed by atoms with E-state index in [4.69, 9.17) is 0 Å². The zero-order valence-electron chi connectivity index (χ0n) is 17.4. The van der Waals surface area contributed by atoms with Crippen LogP contribution in [0.25, 0.3) is 0 Å². The van der Waals surface area contributed by atoms with Crippen LogP contribution < -0.4 is 0 Å². The Labute approximate surface area is 176 Å². The third-order valence-electron chi connectivity index (χ3n) is 3.73. The van der Waals surface area contributed by atoms with Crippen LogP contribution in [0.4, 0.5) is 0 Å². The molecule has 0 aliphatic heterocycles. The van der Waals surface area contributed by atoms with Crippen LogP contribution in [0.2, 0.25) is 0 Å². The number of benzene rings is 2. The highest BCUT2D eigenvalue weighted by molar-refractivity contribution is 9.10. The lowest BCUT2D eigenvalue weighted by atomic mass is 10.0. The molecule has 0 radical (unpaired) electrons. The van der Waals surface area contributed by atoms with Crippen LogP contribution in [-0.2, 0) is 6.42 Å². The van der Waals surface area contributed by atoms with Crippen LogP contribution in [0.3, 0.4) is 0 Å². The van der Waals surface area contributed by atoms with Crippen LogP contribution in [0.5, 0.6) is 0 Å². The highest BCUT2D eigenvalue weighted by atomic mass is 79.9. The van der Waals surface area contributed by atoms with Gasteiger partial charge in [0.2, 0.25) is 0 Å².